The molecule has 0 saturated carbocycles. The second kappa shape index (κ2) is 10.7. The zero-order valence-corrected chi connectivity index (χ0v) is 20.3. The molecule has 2 fully saturated rings. The molecule has 2 aliphatic rings. The van der Waals surface area contributed by atoms with E-state index >= 15 is 0 Å². The molecule has 2 aromatic carbocycles. The van der Waals surface area contributed by atoms with Crippen LogP contribution in [0.4, 0.5) is 0 Å². The van der Waals surface area contributed by atoms with E-state index in [0.29, 0.717) is 19.1 Å². The summed E-state index contributed by atoms with van der Waals surface area (Å²) in [5.41, 5.74) is 2.52. The normalized spacial score (nSPS) is 20.5. The number of ether oxygens (including phenoxy) is 2. The first-order valence-corrected chi connectivity index (χ1v) is 12.3. The third kappa shape index (κ3) is 5.49. The van der Waals surface area contributed by atoms with Crippen LogP contribution in [-0.4, -0.2) is 71.5 Å². The molecular weight excluding hydrogens is 426 g/mol. The Morgan fingerprint density at radius 2 is 1.74 bits per heavy atom. The Morgan fingerprint density at radius 1 is 0.971 bits per heavy atom. The summed E-state index contributed by atoms with van der Waals surface area (Å²) >= 11 is 0. The Kier molecular flexibility index (Phi) is 7.23. The van der Waals surface area contributed by atoms with Gasteiger partial charge in [0.2, 0.25) is 0 Å². The highest BCUT2D eigenvalue weighted by molar-refractivity contribution is 5.29. The lowest BCUT2D eigenvalue weighted by molar-refractivity contribution is -0.0404. The molecule has 0 radical (unpaired) electrons. The SMILES string of the molecule is COc1ccc(Cc2nc(C3CN(Cc4ccccc4)CCO3)n(C3CCN(C)CC3)n2)cc1. The second-order valence-corrected chi connectivity index (χ2v) is 9.47. The summed E-state index contributed by atoms with van der Waals surface area (Å²) in [6.45, 7) is 5.59. The Hall–Kier alpha value is -2.74. The van der Waals surface area contributed by atoms with Crippen LogP contribution in [0.2, 0.25) is 0 Å². The summed E-state index contributed by atoms with van der Waals surface area (Å²) in [4.78, 5) is 9.93. The predicted molar refractivity (Wildman–Crippen MR) is 132 cm³/mol. The van der Waals surface area contributed by atoms with Crippen molar-refractivity contribution in [3.8, 4) is 5.75 Å². The van der Waals surface area contributed by atoms with E-state index in [1.165, 1.54) is 11.1 Å². The first kappa shape index (κ1) is 23.0. The molecule has 7 nitrogen and oxygen atoms in total. The number of rotatable bonds is 7. The van der Waals surface area contributed by atoms with Crippen molar-refractivity contribution in [2.24, 2.45) is 0 Å². The summed E-state index contributed by atoms with van der Waals surface area (Å²) in [5, 5.41) is 5.04. The highest BCUT2D eigenvalue weighted by Crippen LogP contribution is 2.29. The van der Waals surface area contributed by atoms with Gasteiger partial charge in [-0.2, -0.15) is 5.10 Å². The minimum Gasteiger partial charge on any atom is -0.497 e. The Bertz CT molecular complexity index is 1040. The molecular formula is C27H35N5O2. The van der Waals surface area contributed by atoms with Gasteiger partial charge in [-0.1, -0.05) is 42.5 Å². The van der Waals surface area contributed by atoms with E-state index in [-0.39, 0.29) is 6.10 Å². The van der Waals surface area contributed by atoms with E-state index < -0.39 is 0 Å². The van der Waals surface area contributed by atoms with Gasteiger partial charge in [-0.15, -0.1) is 0 Å². The van der Waals surface area contributed by atoms with Gasteiger partial charge in [0.15, 0.2) is 11.6 Å². The lowest BCUT2D eigenvalue weighted by Gasteiger charge is -2.34. The highest BCUT2D eigenvalue weighted by Gasteiger charge is 2.31. The Morgan fingerprint density at radius 3 is 2.47 bits per heavy atom. The lowest BCUT2D eigenvalue weighted by Crippen LogP contribution is -2.39. The third-order valence-electron chi connectivity index (χ3n) is 6.94. The van der Waals surface area contributed by atoms with Gasteiger partial charge < -0.3 is 14.4 Å². The maximum atomic E-state index is 6.29. The van der Waals surface area contributed by atoms with Crippen molar-refractivity contribution in [1.29, 1.82) is 0 Å². The number of piperidine rings is 1. The number of hydrogen-bond donors (Lipinski definition) is 0. The molecule has 7 heteroatoms. The molecule has 0 spiro atoms. The number of aromatic nitrogens is 3. The maximum absolute atomic E-state index is 6.29. The minimum absolute atomic E-state index is 0.0609. The molecule has 180 valence electrons. The zero-order chi connectivity index (χ0) is 23.3. The van der Waals surface area contributed by atoms with Gasteiger partial charge in [0.25, 0.3) is 0 Å². The summed E-state index contributed by atoms with van der Waals surface area (Å²) in [6.07, 6.45) is 2.83. The third-order valence-corrected chi connectivity index (χ3v) is 6.94. The molecule has 0 amide bonds. The van der Waals surface area contributed by atoms with Gasteiger partial charge in [0.05, 0.1) is 19.8 Å². The van der Waals surface area contributed by atoms with Gasteiger partial charge in [-0.05, 0) is 56.2 Å². The predicted octanol–water partition coefficient (Wildman–Crippen LogP) is 3.72. The number of nitrogens with zero attached hydrogens (tertiary/aromatic N) is 5. The van der Waals surface area contributed by atoms with Crippen molar-refractivity contribution < 1.29 is 9.47 Å². The minimum atomic E-state index is -0.0609. The van der Waals surface area contributed by atoms with Crippen LogP contribution in [0, 0.1) is 0 Å². The van der Waals surface area contributed by atoms with Gasteiger partial charge in [0, 0.05) is 26.1 Å². The molecule has 2 aliphatic heterocycles. The van der Waals surface area contributed by atoms with E-state index in [1.54, 1.807) is 7.11 Å². The molecule has 1 unspecified atom stereocenters. The molecule has 5 rings (SSSR count). The first-order valence-electron chi connectivity index (χ1n) is 12.3. The zero-order valence-electron chi connectivity index (χ0n) is 20.3. The number of likely N-dealkylation sites (tertiary alicyclic amines) is 1. The fraction of sp³-hybridized carbons (Fsp3) is 0.481. The number of morpholine rings is 1. The molecule has 0 aliphatic carbocycles. The smallest absolute Gasteiger partial charge is 0.157 e. The first-order chi connectivity index (χ1) is 16.7. The van der Waals surface area contributed by atoms with Gasteiger partial charge in [-0.25, -0.2) is 9.67 Å². The molecule has 1 aromatic heterocycles. The van der Waals surface area contributed by atoms with Gasteiger partial charge in [-0.3, -0.25) is 4.90 Å². The Balaban J connectivity index is 1.37. The summed E-state index contributed by atoms with van der Waals surface area (Å²) in [6, 6.07) is 19.2. The fourth-order valence-electron chi connectivity index (χ4n) is 4.95. The van der Waals surface area contributed by atoms with Gasteiger partial charge in [0.1, 0.15) is 11.9 Å². The van der Waals surface area contributed by atoms with Crippen LogP contribution in [0.3, 0.4) is 0 Å². The molecule has 1 atom stereocenters. The van der Waals surface area contributed by atoms with Crippen LogP contribution in [0.5, 0.6) is 5.75 Å². The number of hydrogen-bond acceptors (Lipinski definition) is 6. The van der Waals surface area contributed by atoms with Crippen LogP contribution in [0.15, 0.2) is 54.6 Å². The van der Waals surface area contributed by atoms with Crippen molar-refractivity contribution in [2.45, 2.75) is 38.0 Å². The van der Waals surface area contributed by atoms with Crippen molar-refractivity contribution in [1.82, 2.24) is 24.6 Å². The van der Waals surface area contributed by atoms with Crippen LogP contribution in [-0.2, 0) is 17.7 Å². The number of benzene rings is 2. The monoisotopic (exact) mass is 461 g/mol. The fourth-order valence-corrected chi connectivity index (χ4v) is 4.95. The Labute approximate surface area is 202 Å². The second-order valence-electron chi connectivity index (χ2n) is 9.47. The molecule has 3 aromatic rings. The molecule has 0 bridgehead atoms. The van der Waals surface area contributed by atoms with Gasteiger partial charge >= 0.3 is 0 Å². The molecule has 3 heterocycles. The molecule has 0 N–H and O–H groups in total. The van der Waals surface area contributed by atoms with E-state index in [9.17, 15) is 0 Å². The largest absolute Gasteiger partial charge is 0.497 e. The number of methoxy groups -OCH3 is 1. The van der Waals surface area contributed by atoms with E-state index in [4.69, 9.17) is 19.6 Å². The van der Waals surface area contributed by atoms with Crippen LogP contribution in [0.25, 0.3) is 0 Å². The maximum Gasteiger partial charge on any atom is 0.157 e. The van der Waals surface area contributed by atoms with Crippen molar-refractivity contribution in [3.63, 3.8) is 0 Å². The van der Waals surface area contributed by atoms with Crippen molar-refractivity contribution >= 4 is 0 Å². The standard InChI is InChI=1S/C27H35N5O2/c1-30-14-12-23(13-15-30)32-27(28-26(29-32)18-21-8-10-24(33-2)11-9-21)25-20-31(16-17-34-25)19-22-6-4-3-5-7-22/h3-11,23,25H,12-20H2,1-2H3. The highest BCUT2D eigenvalue weighted by atomic mass is 16.5. The van der Waals surface area contributed by atoms with E-state index in [1.807, 2.05) is 12.1 Å². The van der Waals surface area contributed by atoms with Crippen LogP contribution < -0.4 is 4.74 Å². The lowest BCUT2D eigenvalue weighted by atomic mass is 10.1. The summed E-state index contributed by atoms with van der Waals surface area (Å²) in [7, 11) is 3.89. The van der Waals surface area contributed by atoms with E-state index in [0.717, 1.165) is 63.0 Å². The van der Waals surface area contributed by atoms with Crippen LogP contribution in [0.1, 0.15) is 47.8 Å². The average molecular weight is 462 g/mol. The van der Waals surface area contributed by atoms with Crippen molar-refractivity contribution in [3.05, 3.63) is 77.4 Å². The van der Waals surface area contributed by atoms with Crippen LogP contribution >= 0.6 is 0 Å². The van der Waals surface area contributed by atoms with Crippen molar-refractivity contribution in [2.75, 3.05) is 46.9 Å². The van der Waals surface area contributed by atoms with E-state index in [2.05, 4.69) is 64.0 Å². The molecule has 2 saturated heterocycles. The topological polar surface area (TPSA) is 55.7 Å². The average Bonchev–Trinajstić information content (AvgIpc) is 3.29. The quantitative estimate of drug-likeness (QED) is 0.535. The molecule has 34 heavy (non-hydrogen) atoms. The summed E-state index contributed by atoms with van der Waals surface area (Å²) in [5.74, 6) is 2.71. The summed E-state index contributed by atoms with van der Waals surface area (Å²) < 4.78 is 13.8.